The van der Waals surface area contributed by atoms with Gasteiger partial charge in [0.25, 0.3) is 11.5 Å². The maximum atomic E-state index is 13.5. The summed E-state index contributed by atoms with van der Waals surface area (Å²) < 4.78 is 4.58. The van der Waals surface area contributed by atoms with Crippen LogP contribution in [0.3, 0.4) is 0 Å². The van der Waals surface area contributed by atoms with Gasteiger partial charge in [0.15, 0.2) is 17.3 Å². The quantitative estimate of drug-likeness (QED) is 0.362. The van der Waals surface area contributed by atoms with Gasteiger partial charge in [0.1, 0.15) is 5.56 Å². The molecular formula is C22H21ClN10O2. The van der Waals surface area contributed by atoms with Gasteiger partial charge in [-0.3, -0.25) is 9.59 Å². The molecule has 1 aromatic carbocycles. The van der Waals surface area contributed by atoms with Crippen molar-refractivity contribution in [2.24, 2.45) is 7.05 Å². The summed E-state index contributed by atoms with van der Waals surface area (Å²) in [6.07, 6.45) is 3.62. The van der Waals surface area contributed by atoms with E-state index >= 15 is 0 Å². The molecule has 1 atom stereocenters. The summed E-state index contributed by atoms with van der Waals surface area (Å²) >= 11 is 6.37. The molecule has 4 aromatic heterocycles. The van der Waals surface area contributed by atoms with Crippen molar-refractivity contribution in [2.75, 3.05) is 5.73 Å². The number of hydrogen-bond donors (Lipinski definition) is 2. The number of aromatic nitrogens is 8. The number of nitrogens with two attached hydrogens (primary N) is 1. The first-order chi connectivity index (χ1) is 16.8. The Morgan fingerprint density at radius 1 is 1.29 bits per heavy atom. The van der Waals surface area contributed by atoms with Crippen LogP contribution in [-0.2, 0) is 20.0 Å². The molecule has 1 unspecified atom stereocenters. The molecule has 1 amide bonds. The van der Waals surface area contributed by atoms with E-state index in [4.69, 9.17) is 17.3 Å². The lowest BCUT2D eigenvalue weighted by atomic mass is 10.1. The van der Waals surface area contributed by atoms with Gasteiger partial charge >= 0.3 is 0 Å². The van der Waals surface area contributed by atoms with Crippen molar-refractivity contribution in [3.05, 3.63) is 75.2 Å². The molecule has 4 heterocycles. The minimum Gasteiger partial charge on any atom is -0.381 e. The van der Waals surface area contributed by atoms with E-state index < -0.39 is 11.9 Å². The van der Waals surface area contributed by atoms with Crippen LogP contribution < -0.4 is 16.6 Å². The highest BCUT2D eigenvalue weighted by atomic mass is 35.5. The van der Waals surface area contributed by atoms with Crippen LogP contribution in [0.1, 0.15) is 34.8 Å². The van der Waals surface area contributed by atoms with Crippen molar-refractivity contribution in [3.8, 4) is 0 Å². The second-order valence-electron chi connectivity index (χ2n) is 8.04. The number of nitrogens with one attached hydrogen (secondary N) is 1. The summed E-state index contributed by atoms with van der Waals surface area (Å²) in [4.78, 5) is 31.0. The predicted octanol–water partition coefficient (Wildman–Crippen LogP) is 1.54. The Morgan fingerprint density at radius 3 is 2.89 bits per heavy atom. The van der Waals surface area contributed by atoms with E-state index in [2.05, 4.69) is 30.9 Å². The highest BCUT2D eigenvalue weighted by Crippen LogP contribution is 2.24. The molecule has 0 saturated carbocycles. The minimum atomic E-state index is -0.561. The maximum Gasteiger partial charge on any atom is 0.260 e. The Morgan fingerprint density at radius 2 is 2.11 bits per heavy atom. The fourth-order valence-corrected chi connectivity index (χ4v) is 4.36. The zero-order valence-corrected chi connectivity index (χ0v) is 19.6. The highest BCUT2D eigenvalue weighted by Gasteiger charge is 2.23. The molecule has 3 N–H and O–H groups in total. The Labute approximate surface area is 203 Å². The smallest absolute Gasteiger partial charge is 0.260 e. The molecule has 0 radical (unpaired) electrons. The van der Waals surface area contributed by atoms with Crippen molar-refractivity contribution in [2.45, 2.75) is 25.9 Å². The Kier molecular flexibility index (Phi) is 5.65. The number of nitrogens with zero attached hydrogens (tertiary/aromatic N) is 8. The molecular weight excluding hydrogens is 472 g/mol. The zero-order valence-electron chi connectivity index (χ0n) is 18.9. The number of carbonyl (C=O) groups excluding carboxylic acids is 1. The third-order valence-electron chi connectivity index (χ3n) is 5.83. The average Bonchev–Trinajstić information content (AvgIpc) is 3.39. The predicted molar refractivity (Wildman–Crippen MR) is 129 cm³/mol. The molecule has 0 fully saturated rings. The van der Waals surface area contributed by atoms with Crippen molar-refractivity contribution < 1.29 is 4.79 Å². The summed E-state index contributed by atoms with van der Waals surface area (Å²) in [5.41, 5.74) is 6.84. The summed E-state index contributed by atoms with van der Waals surface area (Å²) in [7, 11) is 1.73. The molecule has 5 aromatic rings. The van der Waals surface area contributed by atoms with Crippen LogP contribution in [0.2, 0.25) is 5.02 Å². The van der Waals surface area contributed by atoms with Crippen LogP contribution in [0.25, 0.3) is 16.4 Å². The number of halogens is 1. The second kappa shape index (κ2) is 8.80. The molecule has 0 aliphatic rings. The Bertz CT molecular complexity index is 1640. The van der Waals surface area contributed by atoms with E-state index in [1.54, 1.807) is 53.8 Å². The van der Waals surface area contributed by atoms with Gasteiger partial charge in [0, 0.05) is 38.1 Å². The van der Waals surface area contributed by atoms with Crippen molar-refractivity contribution in [1.29, 1.82) is 0 Å². The molecule has 178 valence electrons. The number of tetrazole rings is 1. The normalized spacial score (nSPS) is 12.3. The number of anilines is 1. The van der Waals surface area contributed by atoms with E-state index in [9.17, 15) is 9.59 Å². The van der Waals surface area contributed by atoms with Crippen molar-refractivity contribution in [1.82, 2.24) is 44.7 Å². The number of hydrogen-bond acceptors (Lipinski definition) is 8. The van der Waals surface area contributed by atoms with Crippen LogP contribution in [0.15, 0.2) is 47.5 Å². The first kappa shape index (κ1) is 22.5. The number of pyridine rings is 1. The van der Waals surface area contributed by atoms with Gasteiger partial charge in [-0.05, 0) is 40.9 Å². The van der Waals surface area contributed by atoms with Gasteiger partial charge in [-0.1, -0.05) is 23.7 Å². The average molecular weight is 493 g/mol. The second-order valence-corrected chi connectivity index (χ2v) is 8.45. The van der Waals surface area contributed by atoms with E-state index in [1.165, 1.54) is 4.52 Å². The summed E-state index contributed by atoms with van der Waals surface area (Å²) in [6.45, 7) is 2.07. The first-order valence-corrected chi connectivity index (χ1v) is 11.2. The molecule has 0 aliphatic carbocycles. The van der Waals surface area contributed by atoms with Gasteiger partial charge in [-0.15, -0.1) is 10.2 Å². The van der Waals surface area contributed by atoms with E-state index in [1.807, 2.05) is 12.1 Å². The van der Waals surface area contributed by atoms with Crippen LogP contribution in [0, 0.1) is 0 Å². The molecule has 0 saturated heterocycles. The zero-order chi connectivity index (χ0) is 24.7. The molecule has 13 heteroatoms. The molecule has 12 nitrogen and oxygen atoms in total. The fraction of sp³-hybridized carbons (Fsp3) is 0.227. The van der Waals surface area contributed by atoms with Crippen molar-refractivity contribution in [3.63, 3.8) is 0 Å². The fourth-order valence-electron chi connectivity index (χ4n) is 4.10. The van der Waals surface area contributed by atoms with Crippen molar-refractivity contribution >= 4 is 39.7 Å². The Hall–Kier alpha value is -4.32. The summed E-state index contributed by atoms with van der Waals surface area (Å²) in [5.74, 6) is 0.223. The van der Waals surface area contributed by atoms with Gasteiger partial charge in [0.2, 0.25) is 0 Å². The third kappa shape index (κ3) is 3.97. The molecule has 0 bridgehead atoms. The summed E-state index contributed by atoms with van der Waals surface area (Å²) in [6, 6.07) is 8.24. The van der Waals surface area contributed by atoms with Gasteiger partial charge in [0.05, 0.1) is 16.5 Å². The largest absolute Gasteiger partial charge is 0.381 e. The number of fused-ring (bicyclic) bond motifs is 2. The maximum absolute atomic E-state index is 13.5. The lowest BCUT2D eigenvalue weighted by Gasteiger charge is -2.21. The van der Waals surface area contributed by atoms with Crippen LogP contribution in [0.4, 0.5) is 5.82 Å². The monoisotopic (exact) mass is 492 g/mol. The minimum absolute atomic E-state index is 0.0610. The van der Waals surface area contributed by atoms with E-state index in [-0.39, 0.29) is 23.5 Å². The number of aryl methyl sites for hydroxylation is 2. The lowest BCUT2D eigenvalue weighted by Crippen LogP contribution is -2.33. The molecule has 5 rings (SSSR count). The van der Waals surface area contributed by atoms with Crippen LogP contribution >= 0.6 is 11.6 Å². The number of benzene rings is 1. The number of nitrogen functional groups attached to an aromatic ring is 1. The van der Waals surface area contributed by atoms with Crippen LogP contribution in [0.5, 0.6) is 0 Å². The number of carbonyl (C=O) groups is 1. The third-order valence-corrected chi connectivity index (χ3v) is 6.14. The molecule has 35 heavy (non-hydrogen) atoms. The lowest BCUT2D eigenvalue weighted by molar-refractivity contribution is 0.0940. The molecule has 0 spiro atoms. The van der Waals surface area contributed by atoms with Gasteiger partial charge in [-0.25, -0.2) is 14.2 Å². The number of amides is 1. The standard InChI is InChI=1S/C22H21ClN10O2/c1-12(26-21(34)18-19(24)28-33-9-4-8-25-20(18)33)15-11-13-5-3-6-14(23)17(13)22(35)32(15)10-7-16-27-29-30-31(16)2/h3-6,8-9,11-12H,7,10H2,1-2H3,(H2,24,28)(H,26,34). The van der Waals surface area contributed by atoms with Crippen LogP contribution in [-0.4, -0.2) is 45.3 Å². The SMILES string of the molecule is CC(NC(=O)c1c(N)nn2cccnc12)c1cc2cccc(Cl)c2c(=O)n1CCc1nnnn1C. The van der Waals surface area contributed by atoms with E-state index in [0.717, 1.165) is 0 Å². The van der Waals surface area contributed by atoms with E-state index in [0.29, 0.717) is 39.4 Å². The Balaban J connectivity index is 1.55. The first-order valence-electron chi connectivity index (χ1n) is 10.8. The van der Waals surface area contributed by atoms with Gasteiger partial charge in [-0.2, -0.15) is 0 Å². The van der Waals surface area contributed by atoms with Gasteiger partial charge < -0.3 is 15.6 Å². The molecule has 0 aliphatic heterocycles. The highest BCUT2D eigenvalue weighted by molar-refractivity contribution is 6.35. The topological polar surface area (TPSA) is 151 Å². The summed E-state index contributed by atoms with van der Waals surface area (Å²) in [5, 5.41) is 20.0. The number of rotatable bonds is 6.